The zero-order chi connectivity index (χ0) is 25.0. The summed E-state index contributed by atoms with van der Waals surface area (Å²) in [6.07, 6.45) is 3.84. The molecule has 188 valence electrons. The first kappa shape index (κ1) is 25.1. The number of alkyl halides is 1. The van der Waals surface area contributed by atoms with E-state index in [1.54, 1.807) is 30.6 Å². The van der Waals surface area contributed by atoms with Gasteiger partial charge in [-0.15, -0.1) is 11.6 Å². The largest absolute Gasteiger partial charge is 0.380 e. The highest BCUT2D eigenvalue weighted by Crippen LogP contribution is 2.27. The number of carbonyl (C=O) groups is 1. The summed E-state index contributed by atoms with van der Waals surface area (Å²) in [4.78, 5) is 25.1. The number of hydrogen-bond acceptors (Lipinski definition) is 6. The van der Waals surface area contributed by atoms with Crippen LogP contribution in [-0.2, 0) is 10.0 Å². The molecule has 0 atom stereocenters. The highest BCUT2D eigenvalue weighted by atomic mass is 35.5. The smallest absolute Gasteiger partial charge is 0.256 e. The molecule has 0 bridgehead atoms. The fraction of sp³-hybridized carbons (Fsp3) is 0.417. The van der Waals surface area contributed by atoms with Gasteiger partial charge in [-0.1, -0.05) is 0 Å². The average molecular weight is 519 g/mol. The lowest BCUT2D eigenvalue weighted by molar-refractivity contribution is 0.0748. The summed E-state index contributed by atoms with van der Waals surface area (Å²) in [6, 6.07) is 9.38. The third kappa shape index (κ3) is 5.99. The Morgan fingerprint density at radius 3 is 2.69 bits per heavy atom. The van der Waals surface area contributed by atoms with Gasteiger partial charge in [-0.3, -0.25) is 9.52 Å². The molecular weight excluding hydrogens is 488 g/mol. The first-order valence-electron chi connectivity index (χ1n) is 11.7. The van der Waals surface area contributed by atoms with Gasteiger partial charge in [0.05, 0.1) is 17.0 Å². The van der Waals surface area contributed by atoms with Crippen LogP contribution in [0, 0.1) is 0 Å². The van der Waals surface area contributed by atoms with Gasteiger partial charge in [0.2, 0.25) is 10.0 Å². The van der Waals surface area contributed by atoms with Gasteiger partial charge >= 0.3 is 0 Å². The molecule has 1 aromatic carbocycles. The maximum atomic E-state index is 13.4. The average Bonchev–Trinajstić information content (AvgIpc) is 3.25. The minimum atomic E-state index is -3.50. The Morgan fingerprint density at radius 2 is 1.97 bits per heavy atom. The van der Waals surface area contributed by atoms with Gasteiger partial charge in [-0.05, 0) is 50.6 Å². The molecule has 1 fully saturated rings. The van der Waals surface area contributed by atoms with Crippen LogP contribution in [0.5, 0.6) is 0 Å². The van der Waals surface area contributed by atoms with Gasteiger partial charge in [0.15, 0.2) is 5.82 Å². The van der Waals surface area contributed by atoms with E-state index in [1.165, 1.54) is 0 Å². The van der Waals surface area contributed by atoms with Gasteiger partial charge in [-0.25, -0.2) is 13.4 Å². The van der Waals surface area contributed by atoms with Crippen LogP contribution in [0.15, 0.2) is 42.7 Å². The molecule has 1 amide bonds. The van der Waals surface area contributed by atoms with Crippen molar-refractivity contribution >= 4 is 55.6 Å². The highest BCUT2D eigenvalue weighted by molar-refractivity contribution is 7.92. The molecule has 1 aliphatic heterocycles. The Bertz CT molecular complexity index is 1290. The first-order valence-corrected chi connectivity index (χ1v) is 13.9. The van der Waals surface area contributed by atoms with Crippen molar-refractivity contribution in [2.45, 2.75) is 26.3 Å². The molecule has 1 saturated heterocycles. The summed E-state index contributed by atoms with van der Waals surface area (Å²) < 4.78 is 27.1. The van der Waals surface area contributed by atoms with Crippen molar-refractivity contribution in [3.63, 3.8) is 0 Å². The van der Waals surface area contributed by atoms with Gasteiger partial charge < -0.3 is 20.1 Å². The van der Waals surface area contributed by atoms with Crippen LogP contribution < -0.4 is 14.9 Å². The molecule has 4 rings (SSSR count). The number of H-pyrrole nitrogens is 1. The molecule has 9 nitrogen and oxygen atoms in total. The molecule has 0 radical (unpaired) electrons. The number of sulfonamides is 1. The van der Waals surface area contributed by atoms with E-state index in [4.69, 9.17) is 11.6 Å². The summed E-state index contributed by atoms with van der Waals surface area (Å²) in [5, 5.41) is 4.12. The van der Waals surface area contributed by atoms with Gasteiger partial charge in [0.25, 0.3) is 5.91 Å². The normalized spacial score (nSPS) is 14.5. The molecule has 0 unspecified atom stereocenters. The molecule has 3 N–H and O–H groups in total. The molecule has 1 aliphatic rings. The first-order chi connectivity index (χ1) is 16.8. The van der Waals surface area contributed by atoms with Crippen LogP contribution in [0.25, 0.3) is 10.9 Å². The second kappa shape index (κ2) is 10.7. The Labute approximate surface area is 210 Å². The molecule has 3 heterocycles. The topological polar surface area (TPSA) is 110 Å². The number of anilines is 3. The summed E-state index contributed by atoms with van der Waals surface area (Å²) in [6.45, 7) is 6.64. The third-order valence-corrected chi connectivity index (χ3v) is 7.47. The molecule has 0 spiro atoms. The Morgan fingerprint density at radius 1 is 1.20 bits per heavy atom. The maximum Gasteiger partial charge on any atom is 0.256 e. The van der Waals surface area contributed by atoms with E-state index in [1.807, 2.05) is 17.0 Å². The van der Waals surface area contributed by atoms with Crippen LogP contribution in [-0.4, -0.2) is 73.0 Å². The number of aromatic nitrogens is 2. The molecule has 3 aromatic rings. The number of nitrogens with zero attached hydrogens (tertiary/aromatic N) is 3. The highest BCUT2D eigenvalue weighted by Gasteiger charge is 2.26. The fourth-order valence-corrected chi connectivity index (χ4v) is 5.61. The molecular formula is C24H31ClN6O3S. The SMILES string of the molecule is CC(C)Nc1cccnc1N1CCN(C(=O)c2c[nH]c3ccc(NS(=O)(=O)CCCCl)cc23)CC1. The molecule has 0 aliphatic carbocycles. The van der Waals surface area contributed by atoms with Crippen molar-refractivity contribution in [1.82, 2.24) is 14.9 Å². The lowest BCUT2D eigenvalue weighted by Crippen LogP contribution is -2.49. The van der Waals surface area contributed by atoms with Crippen molar-refractivity contribution in [1.29, 1.82) is 0 Å². The minimum Gasteiger partial charge on any atom is -0.380 e. The van der Waals surface area contributed by atoms with E-state index in [-0.39, 0.29) is 23.6 Å². The van der Waals surface area contributed by atoms with Gasteiger partial charge in [0, 0.05) is 67.1 Å². The van der Waals surface area contributed by atoms with Crippen molar-refractivity contribution in [2.24, 2.45) is 0 Å². The third-order valence-electron chi connectivity index (χ3n) is 5.83. The van der Waals surface area contributed by atoms with Gasteiger partial charge in [-0.2, -0.15) is 0 Å². The molecule has 2 aromatic heterocycles. The molecule has 11 heteroatoms. The van der Waals surface area contributed by atoms with Crippen molar-refractivity contribution < 1.29 is 13.2 Å². The number of piperazine rings is 1. The van der Waals surface area contributed by atoms with E-state index >= 15 is 0 Å². The van der Waals surface area contributed by atoms with Crippen molar-refractivity contribution in [3.05, 3.63) is 48.3 Å². The number of pyridine rings is 1. The molecule has 35 heavy (non-hydrogen) atoms. The Hall–Kier alpha value is -2.98. The zero-order valence-electron chi connectivity index (χ0n) is 19.9. The van der Waals surface area contributed by atoms with Crippen LogP contribution in [0.2, 0.25) is 0 Å². The van der Waals surface area contributed by atoms with Crippen LogP contribution >= 0.6 is 11.6 Å². The number of benzene rings is 1. The Balaban J connectivity index is 1.47. The number of hydrogen-bond donors (Lipinski definition) is 3. The van der Waals surface area contributed by atoms with Crippen LogP contribution in [0.1, 0.15) is 30.6 Å². The van der Waals surface area contributed by atoms with Crippen molar-refractivity contribution in [2.75, 3.05) is 52.8 Å². The maximum absolute atomic E-state index is 13.4. The van der Waals surface area contributed by atoms with Crippen molar-refractivity contribution in [3.8, 4) is 0 Å². The number of fused-ring (bicyclic) bond motifs is 1. The quantitative estimate of drug-likeness (QED) is 0.372. The van der Waals surface area contributed by atoms with E-state index in [9.17, 15) is 13.2 Å². The second-order valence-electron chi connectivity index (χ2n) is 8.88. The summed E-state index contributed by atoms with van der Waals surface area (Å²) in [5.74, 6) is 1.04. The number of rotatable bonds is 9. The predicted octanol–water partition coefficient (Wildman–Crippen LogP) is 3.72. The van der Waals surface area contributed by atoms with E-state index in [2.05, 4.69) is 38.8 Å². The number of amides is 1. The van der Waals surface area contributed by atoms with E-state index < -0.39 is 10.0 Å². The number of carbonyl (C=O) groups excluding carboxylic acids is 1. The van der Waals surface area contributed by atoms with E-state index in [0.717, 1.165) is 17.0 Å². The zero-order valence-corrected chi connectivity index (χ0v) is 21.5. The minimum absolute atomic E-state index is 0.0532. The van der Waals surface area contributed by atoms with Crippen LogP contribution in [0.4, 0.5) is 17.2 Å². The standard InChI is InChI=1S/C24H31ClN6O3S/c1-17(2)28-22-5-3-9-26-23(22)30-10-12-31(13-11-30)24(32)20-16-27-21-7-6-18(15-19(20)21)29-35(33,34)14-4-8-25/h3,5-7,9,15-17,27-29H,4,8,10-14H2,1-2H3. The Kier molecular flexibility index (Phi) is 7.71. The number of nitrogens with one attached hydrogen (secondary N) is 3. The fourth-order valence-electron chi connectivity index (χ4n) is 4.20. The summed E-state index contributed by atoms with van der Waals surface area (Å²) >= 11 is 5.63. The molecule has 0 saturated carbocycles. The lowest BCUT2D eigenvalue weighted by Gasteiger charge is -2.36. The predicted molar refractivity (Wildman–Crippen MR) is 142 cm³/mol. The van der Waals surface area contributed by atoms with Gasteiger partial charge in [0.1, 0.15) is 0 Å². The van der Waals surface area contributed by atoms with Crippen LogP contribution in [0.3, 0.4) is 0 Å². The number of aromatic amines is 1. The monoisotopic (exact) mass is 518 g/mol. The number of halogens is 1. The lowest BCUT2D eigenvalue weighted by atomic mass is 10.1. The summed E-state index contributed by atoms with van der Waals surface area (Å²) in [7, 11) is -3.50. The summed E-state index contributed by atoms with van der Waals surface area (Å²) in [5.41, 5.74) is 2.70. The second-order valence-corrected chi connectivity index (χ2v) is 11.1. The van der Waals surface area contributed by atoms with E-state index in [0.29, 0.717) is 49.2 Å².